The summed E-state index contributed by atoms with van der Waals surface area (Å²) in [5, 5.41) is 13.5. The molecular weight excluding hydrogens is 244 g/mol. The molecule has 6 heteroatoms. The Morgan fingerprint density at radius 2 is 2.00 bits per heavy atom. The second-order valence-electron chi connectivity index (χ2n) is 3.65. The number of nitriles is 1. The number of nitrogens with one attached hydrogen (secondary N) is 2. The lowest BCUT2D eigenvalue weighted by molar-refractivity contribution is -0.119. The number of carbonyl (C=O) groups excluding carboxylic acids is 2. The Bertz CT molecular complexity index is 551. The summed E-state index contributed by atoms with van der Waals surface area (Å²) in [6, 6.07) is 6.70. The molecule has 96 valence electrons. The number of carbonyl (C=O) groups is 2. The van der Waals surface area contributed by atoms with E-state index < -0.39 is 18.0 Å². The van der Waals surface area contributed by atoms with Gasteiger partial charge in [-0.05, 0) is 24.3 Å². The first-order chi connectivity index (χ1) is 9.06. The van der Waals surface area contributed by atoms with Gasteiger partial charge in [0.2, 0.25) is 5.91 Å². The lowest BCUT2D eigenvalue weighted by atomic mass is 10.2. The summed E-state index contributed by atoms with van der Waals surface area (Å²) in [7, 11) is 0. The lowest BCUT2D eigenvalue weighted by Gasteiger charge is -2.13. The van der Waals surface area contributed by atoms with Gasteiger partial charge in [0, 0.05) is 12.1 Å². The maximum absolute atomic E-state index is 11.6. The van der Waals surface area contributed by atoms with Gasteiger partial charge in [-0.25, -0.2) is 4.79 Å². The molecule has 0 spiro atoms. The highest BCUT2D eigenvalue weighted by molar-refractivity contribution is 5.93. The van der Waals surface area contributed by atoms with Gasteiger partial charge in [-0.15, -0.1) is 12.3 Å². The Morgan fingerprint density at radius 1 is 1.37 bits per heavy atom. The first-order valence-corrected chi connectivity index (χ1v) is 5.37. The van der Waals surface area contributed by atoms with Gasteiger partial charge in [0.15, 0.2) is 0 Å². The van der Waals surface area contributed by atoms with Crippen molar-refractivity contribution in [3.63, 3.8) is 0 Å². The van der Waals surface area contributed by atoms with Crippen LogP contribution in [0.25, 0.3) is 0 Å². The number of terminal acetylenes is 1. The van der Waals surface area contributed by atoms with Gasteiger partial charge in [0.1, 0.15) is 6.04 Å². The van der Waals surface area contributed by atoms with Gasteiger partial charge in [0.05, 0.1) is 11.6 Å². The molecule has 0 aliphatic heterocycles. The van der Waals surface area contributed by atoms with Crippen molar-refractivity contribution >= 4 is 17.6 Å². The zero-order valence-corrected chi connectivity index (χ0v) is 10.0. The van der Waals surface area contributed by atoms with Crippen LogP contribution in [0.15, 0.2) is 24.3 Å². The summed E-state index contributed by atoms with van der Waals surface area (Å²) in [6.45, 7) is 0. The number of urea groups is 1. The van der Waals surface area contributed by atoms with Crippen LogP contribution in [0.5, 0.6) is 0 Å². The monoisotopic (exact) mass is 256 g/mol. The van der Waals surface area contributed by atoms with Gasteiger partial charge in [-0.1, -0.05) is 0 Å². The largest absolute Gasteiger partial charge is 0.368 e. The molecule has 0 aliphatic carbocycles. The molecule has 4 N–H and O–H groups in total. The molecule has 0 aliphatic rings. The van der Waals surface area contributed by atoms with E-state index in [0.717, 1.165) is 0 Å². The molecule has 0 radical (unpaired) electrons. The molecule has 0 fully saturated rings. The van der Waals surface area contributed by atoms with Crippen molar-refractivity contribution in [2.45, 2.75) is 12.5 Å². The number of primary amides is 1. The highest BCUT2D eigenvalue weighted by atomic mass is 16.2. The molecule has 19 heavy (non-hydrogen) atoms. The number of anilines is 1. The van der Waals surface area contributed by atoms with Crippen LogP contribution in [0, 0.1) is 23.7 Å². The second-order valence-corrected chi connectivity index (χ2v) is 3.65. The summed E-state index contributed by atoms with van der Waals surface area (Å²) in [5.74, 6) is 1.55. The molecule has 1 atom stereocenters. The van der Waals surface area contributed by atoms with Gasteiger partial charge < -0.3 is 16.4 Å². The van der Waals surface area contributed by atoms with Crippen molar-refractivity contribution in [2.24, 2.45) is 5.73 Å². The predicted molar refractivity (Wildman–Crippen MR) is 69.7 cm³/mol. The molecular formula is C13H12N4O2. The molecule has 1 rings (SSSR count). The Balaban J connectivity index is 2.61. The Kier molecular flexibility index (Phi) is 4.94. The van der Waals surface area contributed by atoms with Crippen LogP contribution in [0.3, 0.4) is 0 Å². The van der Waals surface area contributed by atoms with E-state index in [1.54, 1.807) is 24.3 Å². The number of rotatable bonds is 4. The molecule has 0 unspecified atom stereocenters. The van der Waals surface area contributed by atoms with E-state index in [4.69, 9.17) is 17.4 Å². The molecule has 0 saturated heterocycles. The first-order valence-electron chi connectivity index (χ1n) is 5.37. The standard InChI is InChI=1S/C13H12N4O2/c1-2-3-11(12(15)18)17-13(19)16-10-6-4-9(8-14)5-7-10/h1,4-7,11H,3H2,(H2,15,18)(H2,16,17,19)/t11-/m1/s1. The van der Waals surface area contributed by atoms with E-state index in [1.165, 1.54) is 0 Å². The van der Waals surface area contributed by atoms with Gasteiger partial charge in [-0.3, -0.25) is 4.79 Å². The van der Waals surface area contributed by atoms with Crippen LogP contribution in [-0.4, -0.2) is 18.0 Å². The number of hydrogen-bond acceptors (Lipinski definition) is 3. The topological polar surface area (TPSA) is 108 Å². The third-order valence-corrected chi connectivity index (χ3v) is 2.24. The minimum atomic E-state index is -0.914. The molecule has 0 heterocycles. The number of amides is 3. The van der Waals surface area contributed by atoms with Crippen molar-refractivity contribution < 1.29 is 9.59 Å². The normalized spacial score (nSPS) is 10.6. The smallest absolute Gasteiger partial charge is 0.319 e. The van der Waals surface area contributed by atoms with Gasteiger partial charge >= 0.3 is 6.03 Å². The van der Waals surface area contributed by atoms with Gasteiger partial charge in [-0.2, -0.15) is 5.26 Å². The highest BCUT2D eigenvalue weighted by Gasteiger charge is 2.16. The third-order valence-electron chi connectivity index (χ3n) is 2.24. The summed E-state index contributed by atoms with van der Waals surface area (Å²) in [5.41, 5.74) is 6.06. The third kappa shape index (κ3) is 4.41. The Hall–Kier alpha value is -2.99. The quantitative estimate of drug-likeness (QED) is 0.685. The van der Waals surface area contributed by atoms with E-state index in [1.807, 2.05) is 6.07 Å². The van der Waals surface area contributed by atoms with Crippen LogP contribution in [0.1, 0.15) is 12.0 Å². The summed E-state index contributed by atoms with van der Waals surface area (Å²) < 4.78 is 0. The average molecular weight is 256 g/mol. The number of hydrogen-bond donors (Lipinski definition) is 3. The fourth-order valence-corrected chi connectivity index (χ4v) is 1.29. The van der Waals surface area contributed by atoms with Crippen LogP contribution in [-0.2, 0) is 4.79 Å². The molecule has 1 aromatic carbocycles. The van der Waals surface area contributed by atoms with Crippen LogP contribution in [0.2, 0.25) is 0 Å². The number of benzene rings is 1. The average Bonchev–Trinajstić information content (AvgIpc) is 2.39. The fourth-order valence-electron chi connectivity index (χ4n) is 1.29. The van der Waals surface area contributed by atoms with Crippen molar-refractivity contribution in [1.29, 1.82) is 5.26 Å². The summed E-state index contributed by atoms with van der Waals surface area (Å²) in [4.78, 5) is 22.6. The maximum atomic E-state index is 11.6. The minimum absolute atomic E-state index is 0.0239. The SMILES string of the molecule is C#CC[C@@H](NC(=O)Nc1ccc(C#N)cc1)C(N)=O. The first kappa shape index (κ1) is 14.1. The molecule has 0 bridgehead atoms. The van der Waals surface area contributed by atoms with Crippen molar-refractivity contribution in [3.8, 4) is 18.4 Å². The highest BCUT2D eigenvalue weighted by Crippen LogP contribution is 2.08. The predicted octanol–water partition coefficient (Wildman–Crippen LogP) is 0.557. The molecule has 1 aromatic rings. The second kappa shape index (κ2) is 6.67. The van der Waals surface area contributed by atoms with Crippen molar-refractivity contribution in [3.05, 3.63) is 29.8 Å². The van der Waals surface area contributed by atoms with E-state index in [9.17, 15) is 9.59 Å². The van der Waals surface area contributed by atoms with Crippen LogP contribution in [0.4, 0.5) is 10.5 Å². The van der Waals surface area contributed by atoms with Gasteiger partial charge in [0.25, 0.3) is 0 Å². The molecule has 0 aromatic heterocycles. The number of nitrogens with two attached hydrogens (primary N) is 1. The van der Waals surface area contributed by atoms with Crippen molar-refractivity contribution in [1.82, 2.24) is 5.32 Å². The van der Waals surface area contributed by atoms with E-state index in [0.29, 0.717) is 11.3 Å². The van der Waals surface area contributed by atoms with Crippen molar-refractivity contribution in [2.75, 3.05) is 5.32 Å². The zero-order chi connectivity index (χ0) is 14.3. The molecule has 6 nitrogen and oxygen atoms in total. The lowest BCUT2D eigenvalue weighted by Crippen LogP contribution is -2.45. The van der Waals surface area contributed by atoms with Crippen LogP contribution < -0.4 is 16.4 Å². The summed E-state index contributed by atoms with van der Waals surface area (Å²) in [6.07, 6.45) is 5.09. The summed E-state index contributed by atoms with van der Waals surface area (Å²) >= 11 is 0. The fraction of sp³-hybridized carbons (Fsp3) is 0.154. The molecule has 0 saturated carbocycles. The zero-order valence-electron chi connectivity index (χ0n) is 10.0. The Morgan fingerprint density at radius 3 is 2.47 bits per heavy atom. The van der Waals surface area contributed by atoms with E-state index in [2.05, 4.69) is 16.6 Å². The van der Waals surface area contributed by atoms with E-state index >= 15 is 0 Å². The molecule has 3 amide bonds. The Labute approximate surface area is 110 Å². The minimum Gasteiger partial charge on any atom is -0.368 e. The van der Waals surface area contributed by atoms with Crippen LogP contribution >= 0.6 is 0 Å². The maximum Gasteiger partial charge on any atom is 0.319 e. The number of nitrogens with zero attached hydrogens (tertiary/aromatic N) is 1. The van der Waals surface area contributed by atoms with E-state index in [-0.39, 0.29) is 6.42 Å².